The lowest BCUT2D eigenvalue weighted by molar-refractivity contribution is -0.345. The molecule has 200 valence electrons. The predicted octanol–water partition coefficient (Wildman–Crippen LogP) is 2.76. The fourth-order valence-corrected chi connectivity index (χ4v) is 8.82. The van der Waals surface area contributed by atoms with Gasteiger partial charge in [0.25, 0.3) is 5.91 Å². The minimum atomic E-state index is -1.40. The molecule has 5 fully saturated rings. The summed E-state index contributed by atoms with van der Waals surface area (Å²) in [5.74, 6) is 1.99. The van der Waals surface area contributed by atoms with Crippen molar-refractivity contribution in [2.45, 2.75) is 79.8 Å². The Bertz CT molecular complexity index is 1300. The number of nitrogens with one attached hydrogen (secondary N) is 1. The number of carbonyl (C=O) groups excluding carboxylic acids is 1. The number of fused-ring (bicyclic) bond motifs is 2. The van der Waals surface area contributed by atoms with E-state index in [0.29, 0.717) is 18.7 Å². The number of amides is 1. The topological polar surface area (TPSA) is 80.3 Å². The van der Waals surface area contributed by atoms with Gasteiger partial charge in [0, 0.05) is 24.7 Å². The Kier molecular flexibility index (Phi) is 4.88. The average Bonchev–Trinajstić information content (AvgIpc) is 3.67. The normalized spacial score (nSPS) is 37.9. The average molecular weight is 517 g/mol. The lowest BCUT2D eigenvalue weighted by Gasteiger charge is -2.72. The molecule has 4 aliphatic heterocycles. The van der Waals surface area contributed by atoms with Gasteiger partial charge >= 0.3 is 0 Å². The van der Waals surface area contributed by atoms with E-state index in [1.54, 1.807) is 7.11 Å². The van der Waals surface area contributed by atoms with Gasteiger partial charge in [-0.2, -0.15) is 0 Å². The first-order chi connectivity index (χ1) is 18.5. The highest BCUT2D eigenvalue weighted by molar-refractivity contribution is 5.83. The Morgan fingerprint density at radius 2 is 2.00 bits per heavy atom. The first kappa shape index (κ1) is 23.3. The predicted molar refractivity (Wildman–Crippen MR) is 140 cm³/mol. The third-order valence-electron chi connectivity index (χ3n) is 10.6. The van der Waals surface area contributed by atoms with Gasteiger partial charge in [-0.15, -0.1) is 0 Å². The molecule has 3 aliphatic carbocycles. The zero-order valence-corrected chi connectivity index (χ0v) is 21.9. The van der Waals surface area contributed by atoms with Crippen LogP contribution in [0.1, 0.15) is 48.8 Å². The van der Waals surface area contributed by atoms with E-state index >= 15 is 0 Å². The summed E-state index contributed by atoms with van der Waals surface area (Å²) in [5, 5.41) is 15.5. The van der Waals surface area contributed by atoms with Crippen LogP contribution in [-0.4, -0.2) is 72.1 Å². The van der Waals surface area contributed by atoms with Gasteiger partial charge in [-0.1, -0.05) is 36.4 Å². The number of aliphatic hydroxyl groups is 1. The van der Waals surface area contributed by atoms with E-state index in [0.717, 1.165) is 50.4 Å². The Morgan fingerprint density at radius 3 is 2.79 bits per heavy atom. The Morgan fingerprint density at radius 1 is 1.16 bits per heavy atom. The second-order valence-corrected chi connectivity index (χ2v) is 12.4. The molecule has 6 atom stereocenters. The smallest absolute Gasteiger partial charge is 0.252 e. The lowest BCUT2D eigenvalue weighted by Crippen LogP contribution is -2.87. The van der Waals surface area contributed by atoms with Crippen molar-refractivity contribution < 1.29 is 24.1 Å². The molecule has 4 bridgehead atoms. The van der Waals surface area contributed by atoms with Crippen molar-refractivity contribution >= 4 is 5.91 Å². The van der Waals surface area contributed by atoms with Crippen LogP contribution in [0.2, 0.25) is 0 Å². The van der Waals surface area contributed by atoms with Gasteiger partial charge in [0.15, 0.2) is 17.6 Å². The van der Waals surface area contributed by atoms with E-state index in [4.69, 9.17) is 14.2 Å². The standard InChI is InChI=1S/C31H36N2O5/c1-36-22-10-9-21-17-23-31-13-12-30(35,26(38-31)27(34)32-15-11-19-5-3-2-4-6-19)28-29(31,24(21)25(22)37-28)14-16-33(23)18-20-7-8-20/h2-6,9-10,20,23,26,28,35H,7-8,11-18H2,1H3,(H,32,34)/t23?,26-,28?,29?,30?,31?/m1/s1. The van der Waals surface area contributed by atoms with Crippen LogP contribution in [0.3, 0.4) is 0 Å². The van der Waals surface area contributed by atoms with Crippen molar-refractivity contribution in [2.24, 2.45) is 5.92 Å². The molecule has 2 N–H and O–H groups in total. The fraction of sp³-hybridized carbons (Fsp3) is 0.581. The monoisotopic (exact) mass is 516 g/mol. The lowest BCUT2D eigenvalue weighted by atomic mass is 9.44. The van der Waals surface area contributed by atoms with Crippen LogP contribution in [0, 0.1) is 5.92 Å². The second kappa shape index (κ2) is 7.96. The molecule has 3 saturated heterocycles. The van der Waals surface area contributed by atoms with Crippen molar-refractivity contribution in [2.75, 3.05) is 26.7 Å². The molecule has 2 saturated carbocycles. The maximum atomic E-state index is 13.7. The summed E-state index contributed by atoms with van der Waals surface area (Å²) in [6, 6.07) is 14.5. The zero-order chi connectivity index (χ0) is 25.7. The summed E-state index contributed by atoms with van der Waals surface area (Å²) in [5.41, 5.74) is 1.18. The second-order valence-electron chi connectivity index (χ2n) is 12.4. The summed E-state index contributed by atoms with van der Waals surface area (Å²) in [4.78, 5) is 16.4. The molecule has 7 heteroatoms. The van der Waals surface area contributed by atoms with Crippen LogP contribution in [0.25, 0.3) is 0 Å². The molecule has 0 radical (unpaired) electrons. The summed E-state index contributed by atoms with van der Waals surface area (Å²) >= 11 is 0. The summed E-state index contributed by atoms with van der Waals surface area (Å²) in [7, 11) is 1.67. The van der Waals surface area contributed by atoms with Gasteiger partial charge in [-0.25, -0.2) is 0 Å². The molecular weight excluding hydrogens is 480 g/mol. The molecular formula is C31H36N2O5. The maximum Gasteiger partial charge on any atom is 0.252 e. The Balaban J connectivity index is 1.18. The molecule has 9 rings (SSSR count). The molecule has 5 unspecified atom stereocenters. The van der Waals surface area contributed by atoms with Crippen molar-refractivity contribution in [1.29, 1.82) is 0 Å². The highest BCUT2D eigenvalue weighted by Crippen LogP contribution is 2.71. The molecule has 7 nitrogen and oxygen atoms in total. The van der Waals surface area contributed by atoms with Gasteiger partial charge < -0.3 is 24.6 Å². The number of likely N-dealkylation sites (tertiary alicyclic amines) is 1. The first-order valence-corrected chi connectivity index (χ1v) is 14.3. The SMILES string of the molecule is COc1ccc2c3c1OC1C4(O)CCC5(O[C@@H]4C(=O)NCCc4ccccc4)C(C2)N(CC2CC2)CCC315. The highest BCUT2D eigenvalue weighted by atomic mass is 16.6. The number of ether oxygens (including phenoxy) is 3. The van der Waals surface area contributed by atoms with E-state index in [9.17, 15) is 9.90 Å². The number of methoxy groups -OCH3 is 1. The van der Waals surface area contributed by atoms with E-state index in [1.807, 2.05) is 24.3 Å². The Hall–Kier alpha value is -2.61. The van der Waals surface area contributed by atoms with Crippen LogP contribution in [0.15, 0.2) is 42.5 Å². The van der Waals surface area contributed by atoms with Crippen molar-refractivity contribution in [3.05, 3.63) is 59.2 Å². The van der Waals surface area contributed by atoms with Crippen LogP contribution in [0.4, 0.5) is 0 Å². The summed E-state index contributed by atoms with van der Waals surface area (Å²) in [6.45, 7) is 2.55. The number of carbonyl (C=O) groups is 1. The van der Waals surface area contributed by atoms with Gasteiger partial charge in [0.05, 0.1) is 18.1 Å². The number of piperidine rings is 1. The molecule has 2 aromatic rings. The number of benzene rings is 2. The molecule has 7 aliphatic rings. The summed E-state index contributed by atoms with van der Waals surface area (Å²) < 4.78 is 19.6. The molecule has 1 amide bonds. The minimum absolute atomic E-state index is 0.166. The molecule has 4 heterocycles. The fourth-order valence-electron chi connectivity index (χ4n) is 8.82. The van der Waals surface area contributed by atoms with Crippen LogP contribution < -0.4 is 14.8 Å². The number of nitrogens with zero attached hydrogens (tertiary/aromatic N) is 1. The van der Waals surface area contributed by atoms with Crippen LogP contribution >= 0.6 is 0 Å². The molecule has 2 aromatic carbocycles. The minimum Gasteiger partial charge on any atom is -0.493 e. The van der Waals surface area contributed by atoms with Crippen molar-refractivity contribution in [1.82, 2.24) is 10.2 Å². The first-order valence-electron chi connectivity index (χ1n) is 14.3. The van der Waals surface area contributed by atoms with E-state index in [2.05, 4.69) is 28.4 Å². The number of rotatable bonds is 7. The number of hydrogen-bond acceptors (Lipinski definition) is 6. The number of hydrogen-bond donors (Lipinski definition) is 2. The molecule has 0 aromatic heterocycles. The van der Waals surface area contributed by atoms with Crippen LogP contribution in [-0.2, 0) is 27.8 Å². The maximum absolute atomic E-state index is 13.7. The Labute approximate surface area is 223 Å². The molecule has 2 spiro atoms. The summed E-state index contributed by atoms with van der Waals surface area (Å²) in [6.07, 6.45) is 4.81. The molecule has 38 heavy (non-hydrogen) atoms. The van der Waals surface area contributed by atoms with E-state index < -0.39 is 28.8 Å². The largest absolute Gasteiger partial charge is 0.493 e. The van der Waals surface area contributed by atoms with Gasteiger partial charge in [0.2, 0.25) is 0 Å². The highest BCUT2D eigenvalue weighted by Gasteiger charge is 2.82. The third kappa shape index (κ3) is 2.87. The zero-order valence-electron chi connectivity index (χ0n) is 21.9. The van der Waals surface area contributed by atoms with Crippen molar-refractivity contribution in [3.8, 4) is 11.5 Å². The van der Waals surface area contributed by atoms with Gasteiger partial charge in [-0.3, -0.25) is 9.69 Å². The van der Waals surface area contributed by atoms with Gasteiger partial charge in [0.1, 0.15) is 11.7 Å². The van der Waals surface area contributed by atoms with E-state index in [-0.39, 0.29) is 11.9 Å². The van der Waals surface area contributed by atoms with E-state index in [1.165, 1.54) is 29.5 Å². The third-order valence-corrected chi connectivity index (χ3v) is 10.6. The quantitative estimate of drug-likeness (QED) is 0.589. The van der Waals surface area contributed by atoms with Crippen LogP contribution in [0.5, 0.6) is 11.5 Å². The van der Waals surface area contributed by atoms with Crippen molar-refractivity contribution in [3.63, 3.8) is 0 Å². The van der Waals surface area contributed by atoms with Gasteiger partial charge in [-0.05, 0) is 74.6 Å².